The number of aromatic nitrogens is 1. The summed E-state index contributed by atoms with van der Waals surface area (Å²) in [5.41, 5.74) is 1.28. The van der Waals surface area contributed by atoms with Gasteiger partial charge >= 0.3 is 0 Å². The Morgan fingerprint density at radius 2 is 1.96 bits per heavy atom. The van der Waals surface area contributed by atoms with E-state index in [4.69, 9.17) is 4.74 Å². The van der Waals surface area contributed by atoms with Crippen LogP contribution in [-0.4, -0.2) is 24.7 Å². The second-order valence-electron chi connectivity index (χ2n) is 7.27. The van der Waals surface area contributed by atoms with Gasteiger partial charge in [0.1, 0.15) is 16.6 Å². The normalized spacial score (nSPS) is 17.8. The Labute approximate surface area is 164 Å². The molecule has 1 aliphatic rings. The molecule has 0 saturated carbocycles. The molecule has 2 aromatic rings. The van der Waals surface area contributed by atoms with E-state index < -0.39 is 11.6 Å². The van der Waals surface area contributed by atoms with Crippen LogP contribution in [0.1, 0.15) is 50.6 Å². The summed E-state index contributed by atoms with van der Waals surface area (Å²) < 4.78 is 32.3. The van der Waals surface area contributed by atoms with Gasteiger partial charge in [-0.15, -0.1) is 11.3 Å². The van der Waals surface area contributed by atoms with Crippen molar-refractivity contribution in [2.75, 3.05) is 19.7 Å². The molecule has 0 radical (unpaired) electrons. The highest BCUT2D eigenvalue weighted by atomic mass is 32.1. The highest BCUT2D eigenvalue weighted by molar-refractivity contribution is 7.13. The van der Waals surface area contributed by atoms with Gasteiger partial charge in [0.15, 0.2) is 0 Å². The maximum atomic E-state index is 13.3. The summed E-state index contributed by atoms with van der Waals surface area (Å²) >= 11 is 1.38. The van der Waals surface area contributed by atoms with Gasteiger partial charge < -0.3 is 10.1 Å². The van der Waals surface area contributed by atoms with Crippen LogP contribution in [0.3, 0.4) is 0 Å². The second kappa shape index (κ2) is 10.8. The fourth-order valence-electron chi connectivity index (χ4n) is 3.51. The van der Waals surface area contributed by atoms with Crippen molar-refractivity contribution >= 4 is 11.3 Å². The molecule has 1 unspecified atom stereocenters. The molecule has 2 heterocycles. The van der Waals surface area contributed by atoms with E-state index in [2.05, 4.69) is 10.3 Å². The minimum atomic E-state index is -0.586. The van der Waals surface area contributed by atoms with E-state index in [1.54, 1.807) is 0 Å². The Bertz CT molecular complexity index is 679. The number of benzene rings is 1. The molecule has 1 aliphatic heterocycles. The highest BCUT2D eigenvalue weighted by Gasteiger charge is 2.11. The van der Waals surface area contributed by atoms with Crippen molar-refractivity contribution < 1.29 is 13.5 Å². The molecule has 27 heavy (non-hydrogen) atoms. The highest BCUT2D eigenvalue weighted by Crippen LogP contribution is 2.25. The molecule has 0 aliphatic carbocycles. The van der Waals surface area contributed by atoms with Gasteiger partial charge in [-0.1, -0.05) is 19.3 Å². The van der Waals surface area contributed by atoms with Crippen molar-refractivity contribution in [3.63, 3.8) is 0 Å². The van der Waals surface area contributed by atoms with Crippen molar-refractivity contribution in [3.05, 3.63) is 40.9 Å². The van der Waals surface area contributed by atoms with Crippen LogP contribution in [0.2, 0.25) is 0 Å². The number of unbranched alkanes of at least 4 members (excludes halogenated alkanes) is 2. The minimum absolute atomic E-state index is 0.445. The molecule has 1 atom stereocenters. The number of hydrogen-bond acceptors (Lipinski definition) is 4. The SMILES string of the molecule is Fc1cc(F)cc(-c2nc(COCCCCCC3CCCCNC3)cs2)c1. The fourth-order valence-corrected chi connectivity index (χ4v) is 4.30. The summed E-state index contributed by atoms with van der Waals surface area (Å²) in [5, 5.41) is 6.03. The monoisotopic (exact) mass is 394 g/mol. The van der Waals surface area contributed by atoms with Gasteiger partial charge in [-0.3, -0.25) is 0 Å². The minimum Gasteiger partial charge on any atom is -0.375 e. The predicted octanol–water partition coefficient (Wildman–Crippen LogP) is 5.56. The lowest BCUT2D eigenvalue weighted by Crippen LogP contribution is -2.20. The van der Waals surface area contributed by atoms with Crippen molar-refractivity contribution in [1.29, 1.82) is 0 Å². The van der Waals surface area contributed by atoms with E-state index in [9.17, 15) is 8.78 Å². The van der Waals surface area contributed by atoms with E-state index in [1.807, 2.05) is 5.38 Å². The van der Waals surface area contributed by atoms with Crippen LogP contribution in [0.4, 0.5) is 8.78 Å². The Morgan fingerprint density at radius 1 is 1.11 bits per heavy atom. The average molecular weight is 395 g/mol. The van der Waals surface area contributed by atoms with Crippen LogP contribution in [0.15, 0.2) is 23.6 Å². The van der Waals surface area contributed by atoms with Crippen LogP contribution in [0.25, 0.3) is 10.6 Å². The number of thiazole rings is 1. The molecule has 6 heteroatoms. The topological polar surface area (TPSA) is 34.1 Å². The van der Waals surface area contributed by atoms with Crippen LogP contribution >= 0.6 is 11.3 Å². The van der Waals surface area contributed by atoms with Crippen molar-refractivity contribution in [2.24, 2.45) is 5.92 Å². The van der Waals surface area contributed by atoms with Gasteiger partial charge in [0.25, 0.3) is 0 Å². The maximum Gasteiger partial charge on any atom is 0.126 e. The van der Waals surface area contributed by atoms with Crippen LogP contribution in [0, 0.1) is 17.6 Å². The smallest absolute Gasteiger partial charge is 0.126 e. The summed E-state index contributed by atoms with van der Waals surface area (Å²) in [5.74, 6) is -0.329. The zero-order chi connectivity index (χ0) is 18.9. The van der Waals surface area contributed by atoms with Gasteiger partial charge in [0.05, 0.1) is 12.3 Å². The molecule has 1 saturated heterocycles. The van der Waals surface area contributed by atoms with Crippen molar-refractivity contribution in [3.8, 4) is 10.6 Å². The average Bonchev–Trinajstić information content (AvgIpc) is 2.96. The third-order valence-corrected chi connectivity index (χ3v) is 5.90. The lowest BCUT2D eigenvalue weighted by molar-refractivity contribution is 0.114. The number of hydrogen-bond donors (Lipinski definition) is 1. The molecule has 148 valence electrons. The van der Waals surface area contributed by atoms with Crippen molar-refractivity contribution in [2.45, 2.75) is 51.6 Å². The Hall–Kier alpha value is -1.37. The second-order valence-corrected chi connectivity index (χ2v) is 8.13. The first-order valence-corrected chi connectivity index (χ1v) is 10.8. The molecule has 0 spiro atoms. The summed E-state index contributed by atoms with van der Waals surface area (Å²) in [4.78, 5) is 4.42. The Balaban J connectivity index is 1.31. The molecule has 0 bridgehead atoms. The van der Waals surface area contributed by atoms with Gasteiger partial charge in [-0.2, -0.15) is 0 Å². The predicted molar refractivity (Wildman–Crippen MR) is 106 cm³/mol. The lowest BCUT2D eigenvalue weighted by Gasteiger charge is -2.13. The first kappa shape index (κ1) is 20.4. The standard InChI is InChI=1S/C21H28F2N2OS/c22-18-10-17(11-19(23)12-18)21-25-20(15-27-21)14-26-9-5-1-2-6-16-7-3-4-8-24-13-16/h10-12,15-16,24H,1-9,13-14H2. The van der Waals surface area contributed by atoms with Gasteiger partial charge in [-0.25, -0.2) is 13.8 Å². The molecule has 3 nitrogen and oxygen atoms in total. The fraction of sp³-hybridized carbons (Fsp3) is 0.571. The first-order valence-electron chi connectivity index (χ1n) is 9.90. The summed E-state index contributed by atoms with van der Waals surface area (Å²) in [6.45, 7) is 3.53. The van der Waals surface area contributed by atoms with Gasteiger partial charge in [0.2, 0.25) is 0 Å². The molecule has 1 fully saturated rings. The molecule has 3 rings (SSSR count). The van der Waals surface area contributed by atoms with E-state index in [1.165, 1.54) is 75.1 Å². The van der Waals surface area contributed by atoms with E-state index in [0.29, 0.717) is 17.2 Å². The third-order valence-electron chi connectivity index (χ3n) is 4.96. The molecular weight excluding hydrogens is 366 g/mol. The van der Waals surface area contributed by atoms with Gasteiger partial charge in [0, 0.05) is 23.6 Å². The number of ether oxygens (including phenoxy) is 1. The lowest BCUT2D eigenvalue weighted by atomic mass is 9.96. The van der Waals surface area contributed by atoms with Crippen LogP contribution in [0.5, 0.6) is 0 Å². The van der Waals surface area contributed by atoms with Crippen LogP contribution in [-0.2, 0) is 11.3 Å². The largest absolute Gasteiger partial charge is 0.375 e. The number of halogens is 2. The van der Waals surface area contributed by atoms with E-state index >= 15 is 0 Å². The number of rotatable bonds is 9. The first-order chi connectivity index (χ1) is 13.2. The molecular formula is C21H28F2N2OS. The molecule has 1 N–H and O–H groups in total. The number of nitrogens with one attached hydrogen (secondary N) is 1. The number of nitrogens with zero attached hydrogens (tertiary/aromatic N) is 1. The molecule has 1 aromatic heterocycles. The summed E-state index contributed by atoms with van der Waals surface area (Å²) in [6.07, 6.45) is 8.88. The Kier molecular flexibility index (Phi) is 8.17. The zero-order valence-corrected chi connectivity index (χ0v) is 16.5. The maximum absolute atomic E-state index is 13.3. The van der Waals surface area contributed by atoms with E-state index in [-0.39, 0.29) is 0 Å². The molecule has 1 aromatic carbocycles. The molecule has 0 amide bonds. The third kappa shape index (κ3) is 6.94. The summed E-state index contributed by atoms with van der Waals surface area (Å²) in [6, 6.07) is 3.47. The van der Waals surface area contributed by atoms with Crippen molar-refractivity contribution in [1.82, 2.24) is 10.3 Å². The van der Waals surface area contributed by atoms with E-state index in [0.717, 1.165) is 30.7 Å². The zero-order valence-electron chi connectivity index (χ0n) is 15.7. The van der Waals surface area contributed by atoms with Gasteiger partial charge in [-0.05, 0) is 56.8 Å². The summed E-state index contributed by atoms with van der Waals surface area (Å²) in [7, 11) is 0. The van der Waals surface area contributed by atoms with Crippen LogP contribution < -0.4 is 5.32 Å². The quantitative estimate of drug-likeness (QED) is 0.566. The Morgan fingerprint density at radius 3 is 2.81 bits per heavy atom.